The second-order valence-corrected chi connectivity index (χ2v) is 8.52. The number of pyridine rings is 2. The fraction of sp³-hybridized carbons (Fsp3) is 0.308. The van der Waals surface area contributed by atoms with Crippen LogP contribution in [-0.4, -0.2) is 43.6 Å². The second-order valence-electron chi connectivity index (χ2n) is 8.52. The fourth-order valence-corrected chi connectivity index (χ4v) is 4.58. The Morgan fingerprint density at radius 1 is 1.06 bits per heavy atom. The first-order valence-corrected chi connectivity index (χ1v) is 11.3. The minimum Gasteiger partial charge on any atom is -0.339 e. The first kappa shape index (κ1) is 20.4. The van der Waals surface area contributed by atoms with E-state index in [0.29, 0.717) is 18.2 Å². The molecular formula is C26H27N5O. The van der Waals surface area contributed by atoms with Crippen molar-refractivity contribution in [3.05, 3.63) is 78.2 Å². The number of aromatic nitrogens is 4. The molecule has 5 rings (SSSR count). The molecule has 0 atom stereocenters. The normalized spacial score (nSPS) is 14.5. The molecule has 6 nitrogen and oxygen atoms in total. The average Bonchev–Trinajstić information content (AvgIpc) is 3.27. The summed E-state index contributed by atoms with van der Waals surface area (Å²) in [4.78, 5) is 24.6. The Bertz CT molecular complexity index is 1210. The van der Waals surface area contributed by atoms with Gasteiger partial charge in [-0.05, 0) is 36.6 Å². The van der Waals surface area contributed by atoms with Gasteiger partial charge < -0.3 is 4.90 Å². The largest absolute Gasteiger partial charge is 0.339 e. The lowest BCUT2D eigenvalue weighted by atomic mass is 9.94. The molecule has 0 radical (unpaired) electrons. The molecule has 1 aliphatic rings. The van der Waals surface area contributed by atoms with Crippen LogP contribution in [0.1, 0.15) is 48.0 Å². The Hall–Kier alpha value is -3.54. The van der Waals surface area contributed by atoms with Gasteiger partial charge in [0.25, 0.3) is 5.91 Å². The lowest BCUT2D eigenvalue weighted by Crippen LogP contribution is -2.38. The van der Waals surface area contributed by atoms with E-state index < -0.39 is 0 Å². The highest BCUT2D eigenvalue weighted by Gasteiger charge is 2.26. The maximum atomic E-state index is 13.7. The molecule has 0 unspecified atom stereocenters. The van der Waals surface area contributed by atoms with Crippen molar-refractivity contribution in [3.8, 4) is 11.3 Å². The minimum absolute atomic E-state index is 0.0462. The predicted octanol–water partition coefficient (Wildman–Crippen LogP) is 4.95. The molecule has 162 valence electrons. The number of nitrogens with zero attached hydrogens (tertiary/aromatic N) is 5. The molecular weight excluding hydrogens is 398 g/mol. The van der Waals surface area contributed by atoms with Gasteiger partial charge in [-0.15, -0.1) is 0 Å². The van der Waals surface area contributed by atoms with Crippen LogP contribution in [0.3, 0.4) is 0 Å². The van der Waals surface area contributed by atoms with Gasteiger partial charge in [0.15, 0.2) is 5.65 Å². The molecule has 3 aromatic heterocycles. The fourth-order valence-electron chi connectivity index (χ4n) is 4.58. The van der Waals surface area contributed by atoms with Gasteiger partial charge in [-0.1, -0.05) is 49.6 Å². The first-order valence-electron chi connectivity index (χ1n) is 11.3. The maximum absolute atomic E-state index is 13.7. The second kappa shape index (κ2) is 8.91. The first-order chi connectivity index (χ1) is 15.7. The molecule has 0 saturated heterocycles. The zero-order valence-corrected chi connectivity index (χ0v) is 18.3. The van der Waals surface area contributed by atoms with Gasteiger partial charge in [0, 0.05) is 31.0 Å². The van der Waals surface area contributed by atoms with E-state index in [0.717, 1.165) is 40.7 Å². The van der Waals surface area contributed by atoms with Crippen molar-refractivity contribution in [2.24, 2.45) is 0 Å². The summed E-state index contributed by atoms with van der Waals surface area (Å²) < 4.78 is 1.87. The highest BCUT2D eigenvalue weighted by molar-refractivity contribution is 6.06. The summed E-state index contributed by atoms with van der Waals surface area (Å²) in [6.45, 7) is 0.573. The number of hydrogen-bond acceptors (Lipinski definition) is 4. The monoisotopic (exact) mass is 425 g/mol. The zero-order chi connectivity index (χ0) is 21.9. The van der Waals surface area contributed by atoms with E-state index in [-0.39, 0.29) is 5.91 Å². The molecule has 0 bridgehead atoms. The van der Waals surface area contributed by atoms with E-state index in [1.807, 2.05) is 65.2 Å². The van der Waals surface area contributed by atoms with Crippen molar-refractivity contribution in [1.82, 2.24) is 24.6 Å². The molecule has 6 heteroatoms. The maximum Gasteiger partial charge on any atom is 0.254 e. The van der Waals surface area contributed by atoms with Crippen molar-refractivity contribution in [2.45, 2.75) is 44.7 Å². The van der Waals surface area contributed by atoms with Crippen LogP contribution in [-0.2, 0) is 6.54 Å². The van der Waals surface area contributed by atoms with Crippen LogP contribution in [0.4, 0.5) is 0 Å². The summed E-state index contributed by atoms with van der Waals surface area (Å²) in [6, 6.07) is 16.2. The predicted molar refractivity (Wildman–Crippen MR) is 125 cm³/mol. The summed E-state index contributed by atoms with van der Waals surface area (Å²) in [5.74, 6) is 0.0462. The molecule has 0 N–H and O–H groups in total. The Balaban J connectivity index is 1.60. The molecule has 0 spiro atoms. The summed E-state index contributed by atoms with van der Waals surface area (Å²) in [6.07, 6.45) is 11.1. The van der Waals surface area contributed by atoms with E-state index in [2.05, 4.69) is 10.1 Å². The van der Waals surface area contributed by atoms with Crippen molar-refractivity contribution in [1.29, 1.82) is 0 Å². The smallest absolute Gasteiger partial charge is 0.254 e. The van der Waals surface area contributed by atoms with Gasteiger partial charge in [0.05, 0.1) is 29.4 Å². The number of benzene rings is 1. The van der Waals surface area contributed by atoms with Crippen LogP contribution < -0.4 is 0 Å². The van der Waals surface area contributed by atoms with Gasteiger partial charge in [0.2, 0.25) is 0 Å². The number of carbonyl (C=O) groups excluding carboxylic acids is 1. The Morgan fingerprint density at radius 3 is 2.56 bits per heavy atom. The SMILES string of the molecule is CN(C(=O)c1cc(-c2ccccc2)nc2c1cnn2Cc1ccncc1)C1CCCCC1. The number of carbonyl (C=O) groups is 1. The highest BCUT2D eigenvalue weighted by atomic mass is 16.2. The van der Waals surface area contributed by atoms with E-state index in [9.17, 15) is 4.79 Å². The quantitative estimate of drug-likeness (QED) is 0.454. The molecule has 0 aliphatic heterocycles. The lowest BCUT2D eigenvalue weighted by Gasteiger charge is -2.31. The summed E-state index contributed by atoms with van der Waals surface area (Å²) in [5.41, 5.74) is 4.26. The van der Waals surface area contributed by atoms with Gasteiger partial charge in [0.1, 0.15) is 0 Å². The van der Waals surface area contributed by atoms with Crippen LogP contribution >= 0.6 is 0 Å². The van der Waals surface area contributed by atoms with Crippen molar-refractivity contribution < 1.29 is 4.79 Å². The van der Waals surface area contributed by atoms with Crippen LogP contribution in [0, 0.1) is 0 Å². The van der Waals surface area contributed by atoms with E-state index in [1.165, 1.54) is 19.3 Å². The van der Waals surface area contributed by atoms with Crippen LogP contribution in [0.5, 0.6) is 0 Å². The molecule has 1 aliphatic carbocycles. The van der Waals surface area contributed by atoms with Crippen molar-refractivity contribution >= 4 is 16.9 Å². The number of fused-ring (bicyclic) bond motifs is 1. The molecule has 32 heavy (non-hydrogen) atoms. The van der Waals surface area contributed by atoms with E-state index >= 15 is 0 Å². The highest BCUT2D eigenvalue weighted by Crippen LogP contribution is 2.28. The van der Waals surface area contributed by atoms with Gasteiger partial charge in [-0.25, -0.2) is 9.67 Å². The Labute approximate surface area is 187 Å². The minimum atomic E-state index is 0.0462. The van der Waals surface area contributed by atoms with Crippen LogP contribution in [0.15, 0.2) is 67.1 Å². The van der Waals surface area contributed by atoms with Gasteiger partial charge >= 0.3 is 0 Å². The third-order valence-electron chi connectivity index (χ3n) is 6.43. The molecule has 1 saturated carbocycles. The van der Waals surface area contributed by atoms with Gasteiger partial charge in [-0.3, -0.25) is 9.78 Å². The van der Waals surface area contributed by atoms with Crippen molar-refractivity contribution in [2.75, 3.05) is 7.05 Å². The topological polar surface area (TPSA) is 63.9 Å². The third-order valence-corrected chi connectivity index (χ3v) is 6.43. The van der Waals surface area contributed by atoms with Crippen LogP contribution in [0.2, 0.25) is 0 Å². The molecule has 3 heterocycles. The average molecular weight is 426 g/mol. The zero-order valence-electron chi connectivity index (χ0n) is 18.3. The third kappa shape index (κ3) is 4.00. The standard InChI is InChI=1S/C26H27N5O/c1-30(21-10-6-3-7-11-21)26(32)22-16-24(20-8-4-2-5-9-20)29-25-23(22)17-28-31(25)18-19-12-14-27-15-13-19/h2,4-5,8-9,12-17,21H,3,6-7,10-11,18H2,1H3. The lowest BCUT2D eigenvalue weighted by molar-refractivity contribution is 0.0698. The van der Waals surface area contributed by atoms with E-state index in [4.69, 9.17) is 4.98 Å². The van der Waals surface area contributed by atoms with E-state index in [1.54, 1.807) is 18.6 Å². The Kier molecular flexibility index (Phi) is 5.67. The number of rotatable bonds is 5. The molecule has 4 aromatic rings. The van der Waals surface area contributed by atoms with Gasteiger partial charge in [-0.2, -0.15) is 5.10 Å². The Morgan fingerprint density at radius 2 is 1.81 bits per heavy atom. The molecule has 1 aromatic carbocycles. The van der Waals surface area contributed by atoms with Crippen LogP contribution in [0.25, 0.3) is 22.3 Å². The number of hydrogen-bond donors (Lipinski definition) is 0. The summed E-state index contributed by atoms with van der Waals surface area (Å²) in [7, 11) is 1.94. The van der Waals surface area contributed by atoms with Crippen molar-refractivity contribution in [3.63, 3.8) is 0 Å². The molecule has 1 fully saturated rings. The number of amides is 1. The summed E-state index contributed by atoms with van der Waals surface area (Å²) >= 11 is 0. The molecule has 1 amide bonds. The summed E-state index contributed by atoms with van der Waals surface area (Å²) in [5, 5.41) is 5.40.